The van der Waals surface area contributed by atoms with Crippen LogP contribution in [0, 0.1) is 20.8 Å². The van der Waals surface area contributed by atoms with Gasteiger partial charge in [-0.3, -0.25) is 5.21 Å². The lowest BCUT2D eigenvalue weighted by atomic mass is 10.1. The van der Waals surface area contributed by atoms with Crippen molar-refractivity contribution < 1.29 is 9.94 Å². The first-order valence-electron chi connectivity index (χ1n) is 5.98. The summed E-state index contributed by atoms with van der Waals surface area (Å²) in [5.74, 6) is 0.873. The zero-order chi connectivity index (χ0) is 13.1. The van der Waals surface area contributed by atoms with Crippen LogP contribution < -0.4 is 4.73 Å². The molecule has 0 atom stereocenters. The van der Waals surface area contributed by atoms with Crippen LogP contribution in [0.3, 0.4) is 0 Å². The van der Waals surface area contributed by atoms with Crippen LogP contribution in [-0.4, -0.2) is 5.21 Å². The second-order valence-electron chi connectivity index (χ2n) is 4.54. The average molecular weight is 260 g/mol. The van der Waals surface area contributed by atoms with Crippen LogP contribution in [0.25, 0.3) is 0 Å². The van der Waals surface area contributed by atoms with Crippen LogP contribution in [0.15, 0.2) is 41.4 Å². The standard InChI is InChI=1S/C15H18NOS/c1-11-7-8-12(2)14(9-11)10-18-15-6-4-5-13(3)16(15)17/h4-9,17H,10H2,1-3H3/q+1. The van der Waals surface area contributed by atoms with Crippen molar-refractivity contribution in [3.8, 4) is 0 Å². The molecule has 0 radical (unpaired) electrons. The molecule has 0 aliphatic heterocycles. The molecule has 1 aromatic carbocycles. The lowest BCUT2D eigenvalue weighted by Crippen LogP contribution is -2.35. The van der Waals surface area contributed by atoms with Crippen molar-refractivity contribution in [3.63, 3.8) is 0 Å². The topological polar surface area (TPSA) is 24.1 Å². The highest BCUT2D eigenvalue weighted by Gasteiger charge is 2.13. The average Bonchev–Trinajstić information content (AvgIpc) is 2.35. The highest BCUT2D eigenvalue weighted by atomic mass is 32.2. The normalized spacial score (nSPS) is 10.6. The van der Waals surface area contributed by atoms with Crippen LogP contribution in [0.1, 0.15) is 22.4 Å². The van der Waals surface area contributed by atoms with Crippen LogP contribution >= 0.6 is 11.8 Å². The third kappa shape index (κ3) is 2.85. The Labute approximate surface area is 112 Å². The van der Waals surface area contributed by atoms with E-state index in [0.717, 1.165) is 16.5 Å². The van der Waals surface area contributed by atoms with E-state index >= 15 is 0 Å². The number of hydrogen-bond donors (Lipinski definition) is 1. The van der Waals surface area contributed by atoms with E-state index in [0.29, 0.717) is 0 Å². The maximum absolute atomic E-state index is 9.90. The lowest BCUT2D eigenvalue weighted by Gasteiger charge is -2.05. The highest BCUT2D eigenvalue weighted by Crippen LogP contribution is 2.22. The summed E-state index contributed by atoms with van der Waals surface area (Å²) < 4.78 is 1.25. The summed E-state index contributed by atoms with van der Waals surface area (Å²) in [6, 6.07) is 12.3. The number of nitrogens with zero attached hydrogens (tertiary/aromatic N) is 1. The third-order valence-corrected chi connectivity index (χ3v) is 4.06. The van der Waals surface area contributed by atoms with Gasteiger partial charge in [-0.2, -0.15) is 0 Å². The molecule has 0 saturated heterocycles. The summed E-state index contributed by atoms with van der Waals surface area (Å²) >= 11 is 1.65. The number of pyridine rings is 1. The number of hydrogen-bond acceptors (Lipinski definition) is 2. The largest absolute Gasteiger partial charge is 0.291 e. The van der Waals surface area contributed by atoms with E-state index in [-0.39, 0.29) is 0 Å². The fourth-order valence-corrected chi connectivity index (χ4v) is 2.86. The Balaban J connectivity index is 2.16. The van der Waals surface area contributed by atoms with Crippen molar-refractivity contribution in [1.29, 1.82) is 0 Å². The van der Waals surface area contributed by atoms with E-state index in [1.165, 1.54) is 21.4 Å². The van der Waals surface area contributed by atoms with Crippen molar-refractivity contribution in [2.45, 2.75) is 31.6 Å². The van der Waals surface area contributed by atoms with Crippen LogP contribution in [-0.2, 0) is 5.75 Å². The van der Waals surface area contributed by atoms with Crippen LogP contribution in [0.5, 0.6) is 0 Å². The molecular weight excluding hydrogens is 242 g/mol. The fraction of sp³-hybridized carbons (Fsp3) is 0.267. The number of benzene rings is 1. The van der Waals surface area contributed by atoms with Crippen molar-refractivity contribution >= 4 is 11.8 Å². The minimum absolute atomic E-state index is 0.848. The van der Waals surface area contributed by atoms with E-state index in [4.69, 9.17) is 0 Å². The van der Waals surface area contributed by atoms with Crippen LogP contribution in [0.4, 0.5) is 0 Å². The number of aryl methyl sites for hydroxylation is 3. The first-order chi connectivity index (χ1) is 8.58. The lowest BCUT2D eigenvalue weighted by molar-refractivity contribution is -0.936. The number of thioether (sulfide) groups is 1. The minimum atomic E-state index is 0.848. The van der Waals surface area contributed by atoms with Crippen molar-refractivity contribution in [1.82, 2.24) is 0 Å². The van der Waals surface area contributed by atoms with E-state index in [1.54, 1.807) is 11.8 Å². The Hall–Kier alpha value is -1.48. The maximum atomic E-state index is 9.90. The predicted molar refractivity (Wildman–Crippen MR) is 74.0 cm³/mol. The first kappa shape index (κ1) is 13.0. The molecule has 2 rings (SSSR count). The van der Waals surface area contributed by atoms with Gasteiger partial charge in [0.2, 0.25) is 5.69 Å². The van der Waals surface area contributed by atoms with Gasteiger partial charge in [-0.25, -0.2) is 0 Å². The molecule has 0 unspecified atom stereocenters. The number of aromatic nitrogens is 1. The monoisotopic (exact) mass is 260 g/mol. The Morgan fingerprint density at radius 3 is 2.67 bits per heavy atom. The third-order valence-electron chi connectivity index (χ3n) is 3.00. The SMILES string of the molecule is Cc1ccc(C)c(CSc2cccc(C)[n+]2O)c1. The van der Waals surface area contributed by atoms with Gasteiger partial charge in [0.1, 0.15) is 0 Å². The molecule has 0 amide bonds. The van der Waals surface area contributed by atoms with E-state index in [2.05, 4.69) is 32.0 Å². The molecule has 2 aromatic rings. The molecule has 1 N–H and O–H groups in total. The second-order valence-corrected chi connectivity index (χ2v) is 5.53. The summed E-state index contributed by atoms with van der Waals surface area (Å²) in [4.78, 5) is 0. The van der Waals surface area contributed by atoms with E-state index in [1.807, 2.05) is 25.1 Å². The summed E-state index contributed by atoms with van der Waals surface area (Å²) in [5, 5.41) is 10.8. The predicted octanol–water partition coefficient (Wildman–Crippen LogP) is 3.43. The molecule has 1 aromatic heterocycles. The Bertz CT molecular complexity index is 564. The minimum Gasteiger partial charge on any atom is -0.284 e. The zero-order valence-electron chi connectivity index (χ0n) is 11.0. The van der Waals surface area contributed by atoms with Gasteiger partial charge in [-0.05, 0) is 42.8 Å². The van der Waals surface area contributed by atoms with Crippen LogP contribution in [0.2, 0.25) is 0 Å². The Kier molecular flexibility index (Phi) is 3.92. The van der Waals surface area contributed by atoms with Gasteiger partial charge in [0.25, 0.3) is 5.03 Å². The second kappa shape index (κ2) is 5.44. The molecular formula is C15H18NOS+. The van der Waals surface area contributed by atoms with Gasteiger partial charge in [-0.1, -0.05) is 23.8 Å². The highest BCUT2D eigenvalue weighted by molar-refractivity contribution is 7.98. The summed E-state index contributed by atoms with van der Waals surface area (Å²) in [5.41, 5.74) is 4.74. The quantitative estimate of drug-likeness (QED) is 0.519. The Morgan fingerprint density at radius 2 is 1.89 bits per heavy atom. The van der Waals surface area contributed by atoms with Crippen molar-refractivity contribution in [3.05, 3.63) is 58.8 Å². The summed E-state index contributed by atoms with van der Waals surface area (Å²) in [7, 11) is 0. The molecule has 18 heavy (non-hydrogen) atoms. The number of rotatable bonds is 3. The molecule has 0 saturated carbocycles. The van der Waals surface area contributed by atoms with E-state index in [9.17, 15) is 5.21 Å². The molecule has 0 bridgehead atoms. The molecule has 3 heteroatoms. The molecule has 0 aliphatic carbocycles. The molecule has 2 nitrogen and oxygen atoms in total. The fourth-order valence-electron chi connectivity index (χ4n) is 1.80. The van der Waals surface area contributed by atoms with Gasteiger partial charge >= 0.3 is 0 Å². The molecule has 0 aliphatic rings. The van der Waals surface area contributed by atoms with Gasteiger partial charge in [0.05, 0.1) is 0 Å². The van der Waals surface area contributed by atoms with Gasteiger partial charge in [0.15, 0.2) is 0 Å². The molecule has 94 valence electrons. The van der Waals surface area contributed by atoms with Gasteiger partial charge < -0.3 is 0 Å². The zero-order valence-corrected chi connectivity index (χ0v) is 11.8. The maximum Gasteiger partial charge on any atom is 0.291 e. The Morgan fingerprint density at radius 1 is 1.11 bits per heavy atom. The molecule has 0 fully saturated rings. The molecule has 1 heterocycles. The molecule has 0 spiro atoms. The van der Waals surface area contributed by atoms with Gasteiger partial charge in [0, 0.05) is 29.5 Å². The summed E-state index contributed by atoms with van der Waals surface area (Å²) in [6.45, 7) is 6.12. The van der Waals surface area contributed by atoms with Crippen molar-refractivity contribution in [2.24, 2.45) is 0 Å². The summed E-state index contributed by atoms with van der Waals surface area (Å²) in [6.07, 6.45) is 0. The first-order valence-corrected chi connectivity index (χ1v) is 6.96. The van der Waals surface area contributed by atoms with E-state index < -0.39 is 0 Å². The van der Waals surface area contributed by atoms with Gasteiger partial charge in [-0.15, -0.1) is 0 Å². The van der Waals surface area contributed by atoms with Crippen molar-refractivity contribution in [2.75, 3.05) is 0 Å². The smallest absolute Gasteiger partial charge is 0.284 e.